The zero-order valence-electron chi connectivity index (χ0n) is 12.2. The van der Waals surface area contributed by atoms with Gasteiger partial charge in [0.05, 0.1) is 11.3 Å². The van der Waals surface area contributed by atoms with Gasteiger partial charge in [-0.2, -0.15) is 0 Å². The van der Waals surface area contributed by atoms with Gasteiger partial charge in [0.2, 0.25) is 0 Å². The average Bonchev–Trinajstić information content (AvgIpc) is 3.06. The van der Waals surface area contributed by atoms with E-state index in [4.69, 9.17) is 4.74 Å². The summed E-state index contributed by atoms with van der Waals surface area (Å²) in [5.41, 5.74) is 1.40. The van der Waals surface area contributed by atoms with Crippen LogP contribution in [0.25, 0.3) is 0 Å². The van der Waals surface area contributed by atoms with Crippen molar-refractivity contribution in [1.82, 2.24) is 0 Å². The summed E-state index contributed by atoms with van der Waals surface area (Å²) >= 11 is 1.54. The molecule has 1 heterocycles. The minimum Gasteiger partial charge on any atom is -0.544 e. The Morgan fingerprint density at radius 1 is 1.13 bits per heavy atom. The van der Waals surface area contributed by atoms with E-state index in [2.05, 4.69) is 0 Å². The average molecular weight is 329 g/mol. The fourth-order valence-electron chi connectivity index (χ4n) is 2.38. The summed E-state index contributed by atoms with van der Waals surface area (Å²) in [6.45, 7) is 0. The van der Waals surface area contributed by atoms with E-state index in [1.807, 2.05) is 12.1 Å². The number of carbonyl (C=O) groups excluding carboxylic acids is 2. The Kier molecular flexibility index (Phi) is 4.64. The van der Waals surface area contributed by atoms with Crippen molar-refractivity contribution >= 4 is 23.7 Å². The van der Waals surface area contributed by atoms with Crippen LogP contribution in [0, 0.1) is 0 Å². The number of esters is 1. The lowest BCUT2D eigenvalue weighted by molar-refractivity contribution is -0.690. The van der Waals surface area contributed by atoms with Crippen LogP contribution >= 0.6 is 11.8 Å². The van der Waals surface area contributed by atoms with Gasteiger partial charge in [-0.25, -0.2) is 4.79 Å². The van der Waals surface area contributed by atoms with Gasteiger partial charge in [0.1, 0.15) is 17.8 Å². The number of hydrogen-bond donors (Lipinski definition) is 1. The predicted molar refractivity (Wildman–Crippen MR) is 83.8 cm³/mol. The van der Waals surface area contributed by atoms with Gasteiger partial charge in [0.25, 0.3) is 0 Å². The van der Waals surface area contributed by atoms with Crippen molar-refractivity contribution in [3.63, 3.8) is 0 Å². The molecule has 5 nitrogen and oxygen atoms in total. The van der Waals surface area contributed by atoms with E-state index < -0.39 is 18.0 Å². The zero-order valence-corrected chi connectivity index (χ0v) is 13.0. The second kappa shape index (κ2) is 6.85. The molecule has 2 N–H and O–H groups in total. The van der Waals surface area contributed by atoms with Crippen molar-refractivity contribution in [2.75, 3.05) is 5.75 Å². The third kappa shape index (κ3) is 3.72. The Morgan fingerprint density at radius 3 is 2.61 bits per heavy atom. The van der Waals surface area contributed by atoms with E-state index in [-0.39, 0.29) is 5.37 Å². The molecule has 0 spiro atoms. The molecule has 0 aromatic heterocycles. The van der Waals surface area contributed by atoms with Crippen LogP contribution in [0.3, 0.4) is 0 Å². The number of carboxylic acid groups (broad SMARTS) is 1. The SMILES string of the molecule is O=C(Oc1cccc([C@H]2[NH2+][C@@H](C(=O)[O-])CS2)c1)c1ccccc1. The van der Waals surface area contributed by atoms with Gasteiger partial charge in [-0.1, -0.05) is 42.1 Å². The lowest BCUT2D eigenvalue weighted by atomic mass is 10.2. The van der Waals surface area contributed by atoms with Crippen LogP contribution in [0.2, 0.25) is 0 Å². The molecule has 0 saturated carbocycles. The van der Waals surface area contributed by atoms with E-state index in [1.165, 1.54) is 11.8 Å². The van der Waals surface area contributed by atoms with Crippen LogP contribution in [0.15, 0.2) is 54.6 Å². The first kappa shape index (κ1) is 15.6. The first-order chi connectivity index (χ1) is 11.1. The van der Waals surface area contributed by atoms with Crippen LogP contribution in [-0.4, -0.2) is 23.7 Å². The molecule has 2 aromatic rings. The first-order valence-electron chi connectivity index (χ1n) is 7.18. The Hall–Kier alpha value is -2.31. The van der Waals surface area contributed by atoms with Crippen LogP contribution in [0.1, 0.15) is 21.3 Å². The Bertz CT molecular complexity index is 720. The monoisotopic (exact) mass is 329 g/mol. The van der Waals surface area contributed by atoms with Gasteiger partial charge in [-0.05, 0) is 24.3 Å². The minimum absolute atomic E-state index is 0.0340. The number of nitrogens with two attached hydrogens (primary N) is 1. The number of aliphatic carboxylic acids is 1. The maximum absolute atomic E-state index is 12.1. The quantitative estimate of drug-likeness (QED) is 0.646. The molecule has 1 fully saturated rings. The second-order valence-electron chi connectivity index (χ2n) is 5.20. The Balaban J connectivity index is 1.71. The number of carboxylic acids is 1. The van der Waals surface area contributed by atoms with Gasteiger partial charge in [-0.15, -0.1) is 0 Å². The lowest BCUT2D eigenvalue weighted by Gasteiger charge is -2.12. The molecule has 0 aliphatic carbocycles. The standard InChI is InChI=1S/C17H15NO4S/c19-16(20)14-10-23-15(18-14)12-7-4-8-13(9-12)22-17(21)11-5-2-1-3-6-11/h1-9,14-15,18H,10H2,(H,19,20)/t14-,15+/m1/s1. The fourth-order valence-corrected chi connectivity index (χ4v) is 3.68. The summed E-state index contributed by atoms with van der Waals surface area (Å²) in [6.07, 6.45) is 0. The van der Waals surface area contributed by atoms with Gasteiger partial charge in [-0.3, -0.25) is 0 Å². The normalized spacial score (nSPS) is 20.2. The molecule has 2 aromatic carbocycles. The summed E-state index contributed by atoms with van der Waals surface area (Å²) in [6, 6.07) is 15.4. The third-order valence-electron chi connectivity index (χ3n) is 3.57. The van der Waals surface area contributed by atoms with Gasteiger partial charge < -0.3 is 20.0 Å². The molecule has 0 bridgehead atoms. The largest absolute Gasteiger partial charge is 0.544 e. The molecule has 3 rings (SSSR count). The molecule has 1 aliphatic rings. The number of rotatable bonds is 4. The molecule has 0 radical (unpaired) electrons. The molecular weight excluding hydrogens is 314 g/mol. The molecule has 0 amide bonds. The van der Waals surface area contributed by atoms with Crippen molar-refractivity contribution < 1.29 is 24.7 Å². The number of hydrogen-bond acceptors (Lipinski definition) is 5. The predicted octanol–water partition coefficient (Wildman–Crippen LogP) is 0.333. The van der Waals surface area contributed by atoms with E-state index >= 15 is 0 Å². The minimum atomic E-state index is -1.05. The highest BCUT2D eigenvalue weighted by atomic mass is 32.2. The van der Waals surface area contributed by atoms with Crippen LogP contribution in [0.4, 0.5) is 0 Å². The maximum Gasteiger partial charge on any atom is 0.343 e. The number of quaternary nitrogens is 1. The van der Waals surface area contributed by atoms with Gasteiger partial charge in [0.15, 0.2) is 5.37 Å². The smallest absolute Gasteiger partial charge is 0.343 e. The van der Waals surface area contributed by atoms with Gasteiger partial charge >= 0.3 is 5.97 Å². The molecule has 1 aliphatic heterocycles. The summed E-state index contributed by atoms with van der Waals surface area (Å²) in [4.78, 5) is 23.0. The van der Waals surface area contributed by atoms with E-state index in [1.54, 1.807) is 47.8 Å². The number of ether oxygens (including phenoxy) is 1. The van der Waals surface area contributed by atoms with Crippen LogP contribution in [-0.2, 0) is 4.79 Å². The maximum atomic E-state index is 12.1. The third-order valence-corrected chi connectivity index (χ3v) is 4.91. The highest BCUT2D eigenvalue weighted by Gasteiger charge is 2.31. The summed E-state index contributed by atoms with van der Waals surface area (Å²) in [7, 11) is 0. The van der Waals surface area contributed by atoms with Crippen molar-refractivity contribution in [2.45, 2.75) is 11.4 Å². The van der Waals surface area contributed by atoms with E-state index in [9.17, 15) is 14.7 Å². The first-order valence-corrected chi connectivity index (χ1v) is 8.23. The topological polar surface area (TPSA) is 83.0 Å². The highest BCUT2D eigenvalue weighted by Crippen LogP contribution is 2.29. The van der Waals surface area contributed by atoms with Crippen LogP contribution in [0.5, 0.6) is 5.75 Å². The summed E-state index contributed by atoms with van der Waals surface area (Å²) in [5, 5.41) is 12.7. The molecule has 1 saturated heterocycles. The van der Waals surface area contributed by atoms with Crippen molar-refractivity contribution in [1.29, 1.82) is 0 Å². The number of thioether (sulfide) groups is 1. The fraction of sp³-hybridized carbons (Fsp3) is 0.176. The van der Waals surface area contributed by atoms with Crippen molar-refractivity contribution in [3.8, 4) is 5.75 Å². The molecule has 2 atom stereocenters. The molecule has 23 heavy (non-hydrogen) atoms. The lowest BCUT2D eigenvalue weighted by Crippen LogP contribution is -2.90. The van der Waals surface area contributed by atoms with Crippen molar-refractivity contribution in [2.24, 2.45) is 0 Å². The Labute approximate surface area is 137 Å². The van der Waals surface area contributed by atoms with E-state index in [0.717, 1.165) is 5.56 Å². The summed E-state index contributed by atoms with van der Waals surface area (Å²) in [5.74, 6) is -0.520. The molecule has 118 valence electrons. The zero-order chi connectivity index (χ0) is 16.2. The number of carbonyl (C=O) groups is 2. The second-order valence-corrected chi connectivity index (χ2v) is 6.37. The van der Waals surface area contributed by atoms with Gasteiger partial charge in [0, 0.05) is 5.56 Å². The van der Waals surface area contributed by atoms with E-state index in [0.29, 0.717) is 17.1 Å². The Morgan fingerprint density at radius 2 is 1.91 bits per heavy atom. The highest BCUT2D eigenvalue weighted by molar-refractivity contribution is 7.99. The molecule has 0 unspecified atom stereocenters. The molecule has 6 heteroatoms. The van der Waals surface area contributed by atoms with Crippen LogP contribution < -0.4 is 15.2 Å². The molecular formula is C17H15NO4S. The van der Waals surface area contributed by atoms with Crippen molar-refractivity contribution in [3.05, 3.63) is 65.7 Å². The summed E-state index contributed by atoms with van der Waals surface area (Å²) < 4.78 is 5.38. The number of benzene rings is 2.